The van der Waals surface area contributed by atoms with Gasteiger partial charge in [0.15, 0.2) is 6.04 Å². The molecule has 1 aliphatic heterocycles. The van der Waals surface area contributed by atoms with Gasteiger partial charge < -0.3 is 5.32 Å². The van der Waals surface area contributed by atoms with Crippen molar-refractivity contribution in [2.24, 2.45) is 0 Å². The van der Waals surface area contributed by atoms with E-state index < -0.39 is 12.1 Å². The fourth-order valence-corrected chi connectivity index (χ4v) is 3.81. The van der Waals surface area contributed by atoms with E-state index in [0.29, 0.717) is 15.6 Å². The van der Waals surface area contributed by atoms with Crippen LogP contribution in [0.4, 0.5) is 0 Å². The molecule has 1 heterocycles. The maximum absolute atomic E-state index is 12.9. The number of benzene rings is 3. The minimum absolute atomic E-state index is 0.316. The van der Waals surface area contributed by atoms with Crippen LogP contribution in [-0.2, 0) is 4.79 Å². The first-order valence-electron chi connectivity index (χ1n) is 9.73. The van der Waals surface area contributed by atoms with Gasteiger partial charge in [0.25, 0.3) is 5.91 Å². The smallest absolute Gasteiger partial charge is 0.304 e. The average molecular weight is 453 g/mol. The zero-order valence-corrected chi connectivity index (χ0v) is 18.2. The highest BCUT2D eigenvalue weighted by atomic mass is 35.5. The number of hydrazone groups is 1. The molecule has 1 aliphatic rings. The molecule has 0 unspecified atom stereocenters. The lowest BCUT2D eigenvalue weighted by molar-refractivity contribution is -0.596. The van der Waals surface area contributed by atoms with Crippen molar-refractivity contribution in [2.45, 2.75) is 19.0 Å². The van der Waals surface area contributed by atoms with Gasteiger partial charge in [0.2, 0.25) is 12.3 Å². The molecule has 1 saturated heterocycles. The molecule has 5 nitrogen and oxygen atoms in total. The molecule has 0 aromatic heterocycles. The summed E-state index contributed by atoms with van der Waals surface area (Å²) >= 11 is 12.4. The molecule has 2 amide bonds. The van der Waals surface area contributed by atoms with E-state index in [1.54, 1.807) is 41.2 Å². The summed E-state index contributed by atoms with van der Waals surface area (Å²) in [5.74, 6) is -0.637. The largest absolute Gasteiger partial charge is 0.334 e. The molecule has 2 atom stereocenters. The first kappa shape index (κ1) is 21.1. The second-order valence-corrected chi connectivity index (χ2v) is 8.19. The summed E-state index contributed by atoms with van der Waals surface area (Å²) in [7, 11) is 0. The number of hydrazine groups is 1. The van der Waals surface area contributed by atoms with Gasteiger partial charge in [-0.25, -0.2) is 0 Å². The van der Waals surface area contributed by atoms with E-state index in [9.17, 15) is 9.59 Å². The lowest BCUT2D eigenvalue weighted by atomic mass is 9.99. The molecular weight excluding hydrogens is 433 g/mol. The summed E-state index contributed by atoms with van der Waals surface area (Å²) in [4.78, 5) is 25.7. The highest BCUT2D eigenvalue weighted by Crippen LogP contribution is 2.27. The van der Waals surface area contributed by atoms with Gasteiger partial charge in [-0.1, -0.05) is 65.2 Å². The summed E-state index contributed by atoms with van der Waals surface area (Å²) in [6, 6.07) is 20.4. The Labute approximate surface area is 190 Å². The summed E-state index contributed by atoms with van der Waals surface area (Å²) in [6.45, 7) is 1.95. The van der Waals surface area contributed by atoms with Crippen LogP contribution in [0.1, 0.15) is 33.1 Å². The van der Waals surface area contributed by atoms with Gasteiger partial charge in [-0.2, -0.15) is 0 Å². The fraction of sp³-hybridized carbons (Fsp3) is 0.125. The highest BCUT2D eigenvalue weighted by molar-refractivity contribution is 6.33. The van der Waals surface area contributed by atoms with Crippen LogP contribution in [0.2, 0.25) is 10.0 Å². The quantitative estimate of drug-likeness (QED) is 0.579. The predicted molar refractivity (Wildman–Crippen MR) is 122 cm³/mol. The molecule has 31 heavy (non-hydrogen) atoms. The van der Waals surface area contributed by atoms with Crippen LogP contribution in [0, 0.1) is 6.92 Å². The second-order valence-electron chi connectivity index (χ2n) is 7.35. The average Bonchev–Trinajstić information content (AvgIpc) is 3.05. The Hall–Kier alpha value is -3.15. The number of carbonyl (C=O) groups excluding carboxylic acids is 2. The SMILES string of the molecule is Cc1ccc(C(=O)N[C@@H]2C(=O)N/[N+](=C\c3ccccc3Cl)[C@H]2c2ccc(Cl)cc2)cc1. The van der Waals surface area contributed by atoms with E-state index in [2.05, 4.69) is 10.7 Å². The van der Waals surface area contributed by atoms with E-state index in [0.717, 1.165) is 16.7 Å². The van der Waals surface area contributed by atoms with Crippen molar-refractivity contribution < 1.29 is 14.3 Å². The van der Waals surface area contributed by atoms with Crippen molar-refractivity contribution in [3.63, 3.8) is 0 Å². The lowest BCUT2D eigenvalue weighted by Crippen LogP contribution is -2.42. The molecule has 2 N–H and O–H groups in total. The van der Waals surface area contributed by atoms with Crippen LogP contribution in [0.15, 0.2) is 72.8 Å². The third-order valence-corrected chi connectivity index (χ3v) is 5.73. The van der Waals surface area contributed by atoms with Crippen LogP contribution in [0.25, 0.3) is 0 Å². The van der Waals surface area contributed by atoms with Crippen LogP contribution in [0.3, 0.4) is 0 Å². The summed E-state index contributed by atoms with van der Waals surface area (Å²) in [5.41, 5.74) is 5.94. The number of hydrogen-bond donors (Lipinski definition) is 2. The number of aryl methyl sites for hydroxylation is 1. The van der Waals surface area contributed by atoms with Crippen LogP contribution in [-0.4, -0.2) is 28.8 Å². The number of hydrogen-bond acceptors (Lipinski definition) is 2. The van der Waals surface area contributed by atoms with Gasteiger partial charge in [0, 0.05) is 16.1 Å². The molecule has 3 aromatic carbocycles. The second kappa shape index (κ2) is 8.92. The van der Waals surface area contributed by atoms with E-state index >= 15 is 0 Å². The highest BCUT2D eigenvalue weighted by Gasteiger charge is 2.47. The normalized spacial score (nSPS) is 19.3. The van der Waals surface area contributed by atoms with Gasteiger partial charge in [0.1, 0.15) is 0 Å². The summed E-state index contributed by atoms with van der Waals surface area (Å²) < 4.78 is 1.67. The zero-order valence-electron chi connectivity index (χ0n) is 16.7. The first-order chi connectivity index (χ1) is 14.9. The molecule has 1 fully saturated rings. The molecule has 0 aliphatic carbocycles. The minimum atomic E-state index is -0.811. The predicted octanol–water partition coefficient (Wildman–Crippen LogP) is 4.32. The molecule has 3 aromatic rings. The van der Waals surface area contributed by atoms with Crippen LogP contribution < -0.4 is 10.7 Å². The Morgan fingerprint density at radius 2 is 1.68 bits per heavy atom. The molecule has 0 radical (unpaired) electrons. The van der Waals surface area contributed by atoms with Gasteiger partial charge in [-0.15, -0.1) is 10.1 Å². The third-order valence-electron chi connectivity index (χ3n) is 5.13. The number of amides is 2. The fourth-order valence-electron chi connectivity index (χ4n) is 3.50. The lowest BCUT2D eigenvalue weighted by Gasteiger charge is -2.15. The van der Waals surface area contributed by atoms with Crippen molar-refractivity contribution >= 4 is 41.2 Å². The van der Waals surface area contributed by atoms with E-state index in [1.807, 2.05) is 49.4 Å². The Morgan fingerprint density at radius 3 is 2.35 bits per heavy atom. The molecule has 0 saturated carbocycles. The van der Waals surface area contributed by atoms with E-state index in [-0.39, 0.29) is 11.8 Å². The Morgan fingerprint density at radius 1 is 1.00 bits per heavy atom. The molecule has 4 rings (SSSR count). The van der Waals surface area contributed by atoms with Crippen molar-refractivity contribution in [1.82, 2.24) is 10.7 Å². The Balaban J connectivity index is 1.71. The molecular formula is C24H20Cl2N3O2+. The zero-order chi connectivity index (χ0) is 22.0. The van der Waals surface area contributed by atoms with Crippen molar-refractivity contribution in [2.75, 3.05) is 0 Å². The number of halogens is 2. The molecule has 156 valence electrons. The number of carbonyl (C=O) groups is 2. The maximum Gasteiger partial charge on any atom is 0.304 e. The molecule has 0 bridgehead atoms. The van der Waals surface area contributed by atoms with Crippen LogP contribution >= 0.6 is 23.2 Å². The topological polar surface area (TPSA) is 61.2 Å². The van der Waals surface area contributed by atoms with Crippen LogP contribution in [0.5, 0.6) is 0 Å². The maximum atomic E-state index is 12.9. The van der Waals surface area contributed by atoms with Gasteiger partial charge >= 0.3 is 5.91 Å². The van der Waals surface area contributed by atoms with Gasteiger partial charge in [-0.05, 0) is 43.3 Å². The number of nitrogens with zero attached hydrogens (tertiary/aromatic N) is 1. The van der Waals surface area contributed by atoms with E-state index in [4.69, 9.17) is 23.2 Å². The van der Waals surface area contributed by atoms with Gasteiger partial charge in [-0.3, -0.25) is 9.59 Å². The minimum Gasteiger partial charge on any atom is -0.334 e. The molecule has 7 heteroatoms. The number of nitrogens with one attached hydrogen (secondary N) is 2. The van der Waals surface area contributed by atoms with Gasteiger partial charge in [0.05, 0.1) is 10.6 Å². The van der Waals surface area contributed by atoms with Crippen molar-refractivity contribution in [1.29, 1.82) is 0 Å². The number of rotatable bonds is 4. The standard InChI is InChI=1S/C24H19Cl2N3O2/c1-15-6-8-17(9-7-15)23(30)27-21-22(16-10-12-19(25)13-11-16)29(28-24(21)31)14-18-4-2-3-5-20(18)26/h2-14,21-22H,1H3,(H-,27,28,30,31)/p+1/b29-14-/t21-,22-/m0/s1. The Bertz CT molecular complexity index is 1160. The monoisotopic (exact) mass is 452 g/mol. The summed E-state index contributed by atoms with van der Waals surface area (Å²) in [6.07, 6.45) is 1.76. The first-order valence-corrected chi connectivity index (χ1v) is 10.5. The van der Waals surface area contributed by atoms with Crippen molar-refractivity contribution in [3.05, 3.63) is 105 Å². The van der Waals surface area contributed by atoms with Crippen molar-refractivity contribution in [3.8, 4) is 0 Å². The molecule has 0 spiro atoms. The summed E-state index contributed by atoms with van der Waals surface area (Å²) in [5, 5.41) is 4.02. The third kappa shape index (κ3) is 4.63. The van der Waals surface area contributed by atoms with E-state index in [1.165, 1.54) is 0 Å². The Kier molecular flexibility index (Phi) is 6.07.